The zero-order valence-corrected chi connectivity index (χ0v) is 13.3. The molecule has 3 rings (SSSR count). The minimum atomic E-state index is 0.414. The molecule has 2 aliphatic rings. The zero-order chi connectivity index (χ0) is 14.7. The summed E-state index contributed by atoms with van der Waals surface area (Å²) in [5, 5.41) is 3.54. The van der Waals surface area contributed by atoms with Gasteiger partial charge >= 0.3 is 0 Å². The summed E-state index contributed by atoms with van der Waals surface area (Å²) >= 11 is 0. The van der Waals surface area contributed by atoms with Crippen LogP contribution in [0.5, 0.6) is 0 Å². The molecule has 2 atom stereocenters. The van der Waals surface area contributed by atoms with Gasteiger partial charge in [-0.05, 0) is 56.8 Å². The third-order valence-electron chi connectivity index (χ3n) is 4.88. The number of nitrogens with zero attached hydrogens (tertiary/aromatic N) is 1. The maximum atomic E-state index is 5.87. The fraction of sp³-hybridized carbons (Fsp3) is 0.667. The van der Waals surface area contributed by atoms with Gasteiger partial charge in [0.15, 0.2) is 0 Å². The largest absolute Gasteiger partial charge is 0.375 e. The van der Waals surface area contributed by atoms with Gasteiger partial charge in [-0.2, -0.15) is 0 Å². The second-order valence-electron chi connectivity index (χ2n) is 6.73. The molecule has 0 radical (unpaired) electrons. The summed E-state index contributed by atoms with van der Waals surface area (Å²) in [4.78, 5) is 2.65. The molecule has 1 saturated heterocycles. The van der Waals surface area contributed by atoms with E-state index in [4.69, 9.17) is 4.74 Å². The van der Waals surface area contributed by atoms with Crippen LogP contribution in [0.3, 0.4) is 0 Å². The highest BCUT2D eigenvalue weighted by Gasteiger charge is 2.30. The van der Waals surface area contributed by atoms with Gasteiger partial charge in [-0.15, -0.1) is 0 Å². The van der Waals surface area contributed by atoms with Gasteiger partial charge in [-0.1, -0.05) is 24.3 Å². The van der Waals surface area contributed by atoms with E-state index in [0.717, 1.165) is 19.1 Å². The lowest BCUT2D eigenvalue weighted by Gasteiger charge is -2.41. The van der Waals surface area contributed by atoms with Crippen molar-refractivity contribution in [3.05, 3.63) is 35.4 Å². The van der Waals surface area contributed by atoms with Gasteiger partial charge in [0.1, 0.15) is 0 Å². The van der Waals surface area contributed by atoms with Crippen LogP contribution in [0.25, 0.3) is 0 Å². The van der Waals surface area contributed by atoms with Crippen LogP contribution < -0.4 is 5.32 Å². The molecular weight excluding hydrogens is 260 g/mol. The van der Waals surface area contributed by atoms with Crippen molar-refractivity contribution < 1.29 is 4.74 Å². The van der Waals surface area contributed by atoms with E-state index >= 15 is 0 Å². The molecule has 21 heavy (non-hydrogen) atoms. The SMILES string of the molecule is CC(C)N(CC1CCCNC1)C1COCc2ccccc21. The molecule has 1 N–H and O–H groups in total. The first-order valence-electron chi connectivity index (χ1n) is 8.37. The molecule has 0 bridgehead atoms. The van der Waals surface area contributed by atoms with E-state index in [1.165, 1.54) is 43.6 Å². The van der Waals surface area contributed by atoms with E-state index in [1.54, 1.807) is 0 Å². The molecule has 0 aliphatic carbocycles. The summed E-state index contributed by atoms with van der Waals surface area (Å²) in [7, 11) is 0. The van der Waals surface area contributed by atoms with Crippen molar-refractivity contribution in [3.63, 3.8) is 0 Å². The molecule has 2 unspecified atom stereocenters. The van der Waals surface area contributed by atoms with Crippen LogP contribution in [-0.2, 0) is 11.3 Å². The van der Waals surface area contributed by atoms with Crippen LogP contribution in [0.1, 0.15) is 43.9 Å². The van der Waals surface area contributed by atoms with E-state index < -0.39 is 0 Å². The first-order chi connectivity index (χ1) is 10.3. The molecule has 0 saturated carbocycles. The third kappa shape index (κ3) is 3.47. The quantitative estimate of drug-likeness (QED) is 0.922. The maximum absolute atomic E-state index is 5.87. The lowest BCUT2D eigenvalue weighted by Crippen LogP contribution is -2.45. The van der Waals surface area contributed by atoms with Gasteiger partial charge in [0.25, 0.3) is 0 Å². The average Bonchev–Trinajstić information content (AvgIpc) is 2.53. The van der Waals surface area contributed by atoms with Crippen LogP contribution >= 0.6 is 0 Å². The number of hydrogen-bond acceptors (Lipinski definition) is 3. The molecule has 0 amide bonds. The van der Waals surface area contributed by atoms with Crippen molar-refractivity contribution in [3.8, 4) is 0 Å². The maximum Gasteiger partial charge on any atom is 0.0721 e. The Balaban J connectivity index is 1.78. The first kappa shape index (κ1) is 15.0. The molecule has 2 heterocycles. The van der Waals surface area contributed by atoms with Crippen LogP contribution in [0.15, 0.2) is 24.3 Å². The topological polar surface area (TPSA) is 24.5 Å². The molecule has 3 nitrogen and oxygen atoms in total. The monoisotopic (exact) mass is 288 g/mol. The van der Waals surface area contributed by atoms with Gasteiger partial charge in [0.05, 0.1) is 19.3 Å². The van der Waals surface area contributed by atoms with E-state index in [9.17, 15) is 0 Å². The fourth-order valence-electron chi connectivity index (χ4n) is 3.71. The Labute approximate surface area is 128 Å². The van der Waals surface area contributed by atoms with Crippen molar-refractivity contribution in [2.24, 2.45) is 5.92 Å². The standard InChI is InChI=1S/C18H28N2O/c1-14(2)20(11-15-6-5-9-19-10-15)18-13-21-12-16-7-3-4-8-17(16)18/h3-4,7-8,14-15,18-19H,5-6,9-13H2,1-2H3. The molecule has 0 aromatic heterocycles. The smallest absolute Gasteiger partial charge is 0.0721 e. The van der Waals surface area contributed by atoms with Gasteiger partial charge in [0, 0.05) is 12.6 Å². The van der Waals surface area contributed by atoms with Crippen LogP contribution in [-0.4, -0.2) is 37.2 Å². The highest BCUT2D eigenvalue weighted by atomic mass is 16.5. The van der Waals surface area contributed by atoms with Crippen LogP contribution in [0, 0.1) is 5.92 Å². The number of piperidine rings is 1. The lowest BCUT2D eigenvalue weighted by molar-refractivity contribution is 0.0108. The molecule has 2 aliphatic heterocycles. The summed E-state index contributed by atoms with van der Waals surface area (Å²) in [5.41, 5.74) is 2.84. The highest BCUT2D eigenvalue weighted by Crippen LogP contribution is 2.32. The summed E-state index contributed by atoms with van der Waals surface area (Å²) in [5.74, 6) is 0.773. The second kappa shape index (κ2) is 6.91. The number of hydrogen-bond donors (Lipinski definition) is 1. The lowest BCUT2D eigenvalue weighted by atomic mass is 9.93. The van der Waals surface area contributed by atoms with E-state index in [1.807, 2.05) is 0 Å². The Hall–Kier alpha value is -0.900. The molecule has 1 fully saturated rings. The number of nitrogens with one attached hydrogen (secondary N) is 1. The molecule has 1 aromatic rings. The van der Waals surface area contributed by atoms with E-state index in [-0.39, 0.29) is 0 Å². The van der Waals surface area contributed by atoms with Crippen molar-refractivity contribution in [1.82, 2.24) is 10.2 Å². The van der Waals surface area contributed by atoms with Gasteiger partial charge in [-0.25, -0.2) is 0 Å². The van der Waals surface area contributed by atoms with Crippen LogP contribution in [0.4, 0.5) is 0 Å². The number of ether oxygens (including phenoxy) is 1. The predicted octanol–water partition coefficient (Wildman–Crippen LogP) is 2.97. The van der Waals surface area contributed by atoms with Gasteiger partial charge in [-0.3, -0.25) is 4.90 Å². The summed E-state index contributed by atoms with van der Waals surface area (Å²) in [6.07, 6.45) is 2.67. The summed E-state index contributed by atoms with van der Waals surface area (Å²) in [6.45, 7) is 9.75. The number of benzene rings is 1. The van der Waals surface area contributed by atoms with Crippen molar-refractivity contribution in [1.29, 1.82) is 0 Å². The zero-order valence-electron chi connectivity index (χ0n) is 13.3. The number of fused-ring (bicyclic) bond motifs is 1. The predicted molar refractivity (Wildman–Crippen MR) is 86.3 cm³/mol. The Morgan fingerprint density at radius 1 is 1.33 bits per heavy atom. The third-order valence-corrected chi connectivity index (χ3v) is 4.88. The highest BCUT2D eigenvalue weighted by molar-refractivity contribution is 5.31. The Bertz CT molecular complexity index is 454. The molecule has 3 heteroatoms. The van der Waals surface area contributed by atoms with Crippen LogP contribution in [0.2, 0.25) is 0 Å². The Kier molecular flexibility index (Phi) is 4.94. The second-order valence-corrected chi connectivity index (χ2v) is 6.73. The first-order valence-corrected chi connectivity index (χ1v) is 8.37. The molecule has 1 aromatic carbocycles. The van der Waals surface area contributed by atoms with Crippen molar-refractivity contribution in [2.45, 2.75) is 45.4 Å². The van der Waals surface area contributed by atoms with E-state index in [2.05, 4.69) is 48.3 Å². The Morgan fingerprint density at radius 2 is 2.19 bits per heavy atom. The van der Waals surface area contributed by atoms with Crippen molar-refractivity contribution >= 4 is 0 Å². The minimum Gasteiger partial charge on any atom is -0.375 e. The van der Waals surface area contributed by atoms with E-state index in [0.29, 0.717) is 12.1 Å². The molecule has 0 spiro atoms. The Morgan fingerprint density at radius 3 is 2.95 bits per heavy atom. The summed E-state index contributed by atoms with van der Waals surface area (Å²) in [6, 6.07) is 9.75. The number of rotatable bonds is 4. The summed E-state index contributed by atoms with van der Waals surface area (Å²) < 4.78 is 5.87. The van der Waals surface area contributed by atoms with Gasteiger partial charge < -0.3 is 10.1 Å². The average molecular weight is 288 g/mol. The van der Waals surface area contributed by atoms with Gasteiger partial charge in [0.2, 0.25) is 0 Å². The fourth-order valence-corrected chi connectivity index (χ4v) is 3.71. The molecule has 116 valence electrons. The molecular formula is C18H28N2O. The minimum absolute atomic E-state index is 0.414. The normalized spacial score (nSPS) is 26.1. The van der Waals surface area contributed by atoms with Crippen molar-refractivity contribution in [2.75, 3.05) is 26.2 Å².